The Hall–Kier alpha value is -4.14. The molecule has 1 unspecified atom stereocenters. The number of aliphatic hydroxyl groups excluding tert-OH is 1. The molecule has 10 nitrogen and oxygen atoms in total. The monoisotopic (exact) mass is 503 g/mol. The molecule has 3 N–H and O–H groups in total. The van der Waals surface area contributed by atoms with E-state index >= 15 is 0 Å². The maximum atomic E-state index is 14.8. The fourth-order valence-corrected chi connectivity index (χ4v) is 4.50. The number of aromatic nitrogens is 3. The molecule has 37 heavy (non-hydrogen) atoms. The molecule has 3 aromatic rings. The number of carbonyl (C=O) groups excluding carboxylic acids is 1. The number of nitrogens with one attached hydrogen (secondary N) is 2. The van der Waals surface area contributed by atoms with E-state index in [2.05, 4.69) is 43.8 Å². The number of alkyl halides is 1. The second kappa shape index (κ2) is 10.5. The third-order valence-corrected chi connectivity index (χ3v) is 6.45. The van der Waals surface area contributed by atoms with Crippen LogP contribution in [0.25, 0.3) is 11.4 Å². The van der Waals surface area contributed by atoms with Crippen molar-refractivity contribution in [2.24, 2.45) is 0 Å². The van der Waals surface area contributed by atoms with Gasteiger partial charge in [0.1, 0.15) is 30.4 Å². The van der Waals surface area contributed by atoms with Gasteiger partial charge in [-0.3, -0.25) is 4.79 Å². The first-order valence-corrected chi connectivity index (χ1v) is 12.0. The Balaban J connectivity index is 1.29. The summed E-state index contributed by atoms with van der Waals surface area (Å²) < 4.78 is 20.6. The number of benzene rings is 2. The van der Waals surface area contributed by atoms with Crippen LogP contribution in [0, 0.1) is 11.3 Å². The Kier molecular flexibility index (Phi) is 6.94. The van der Waals surface area contributed by atoms with E-state index in [0.29, 0.717) is 17.3 Å². The van der Waals surface area contributed by atoms with Gasteiger partial charge in [-0.25, -0.2) is 14.4 Å². The van der Waals surface area contributed by atoms with Gasteiger partial charge in [-0.1, -0.05) is 6.07 Å². The summed E-state index contributed by atoms with van der Waals surface area (Å²) in [5.41, 5.74) is 4.16. The lowest BCUT2D eigenvalue weighted by atomic mass is 10.0. The zero-order valence-electron chi connectivity index (χ0n) is 20.2. The minimum atomic E-state index is -1.45. The topological polar surface area (TPSA) is 136 Å². The smallest absolute Gasteiger partial charge is 0.251 e. The Morgan fingerprint density at radius 1 is 1.27 bits per heavy atom. The van der Waals surface area contributed by atoms with Crippen LogP contribution in [-0.4, -0.2) is 62.3 Å². The molecule has 2 aliphatic rings. The number of nitrogens with zero attached hydrogens (tertiary/aromatic N) is 5. The third kappa shape index (κ3) is 5.35. The maximum Gasteiger partial charge on any atom is 0.251 e. The quantitative estimate of drug-likeness (QED) is 0.463. The zero-order chi connectivity index (χ0) is 25.9. The van der Waals surface area contributed by atoms with Crippen LogP contribution in [0.2, 0.25) is 0 Å². The van der Waals surface area contributed by atoms with Gasteiger partial charge in [0, 0.05) is 37.3 Å². The lowest BCUT2D eigenvalue weighted by Gasteiger charge is -2.35. The van der Waals surface area contributed by atoms with Gasteiger partial charge in [-0.15, -0.1) is 0 Å². The number of aliphatic hydroxyl groups is 1. The Morgan fingerprint density at radius 3 is 2.89 bits per heavy atom. The highest BCUT2D eigenvalue weighted by Crippen LogP contribution is 2.29. The summed E-state index contributed by atoms with van der Waals surface area (Å²) in [5, 5.41) is 25.7. The Bertz CT molecular complexity index is 1360. The molecule has 1 saturated heterocycles. The number of carbonyl (C=O) groups is 1. The predicted octanol–water partition coefficient (Wildman–Crippen LogP) is 2.46. The molecular weight excluding hydrogens is 477 g/mol. The van der Waals surface area contributed by atoms with Gasteiger partial charge < -0.3 is 25.4 Å². The van der Waals surface area contributed by atoms with Crippen molar-refractivity contribution in [1.82, 2.24) is 25.2 Å². The number of fused-ring (bicyclic) bond motifs is 1. The number of rotatable bonds is 6. The number of hydrogen-bond acceptors (Lipinski definition) is 9. The molecule has 0 radical (unpaired) electrons. The summed E-state index contributed by atoms with van der Waals surface area (Å²) in [5.74, 6) is 0.473. The van der Waals surface area contributed by atoms with Crippen molar-refractivity contribution in [1.29, 1.82) is 5.26 Å². The summed E-state index contributed by atoms with van der Waals surface area (Å²) in [6.45, 7) is 3.13. The first kappa shape index (κ1) is 24.5. The normalized spacial score (nSPS) is 19.6. The van der Waals surface area contributed by atoms with Gasteiger partial charge in [0.2, 0.25) is 5.95 Å². The molecule has 3 atom stereocenters. The number of likely N-dealkylation sites (tertiary alicyclic amines) is 1. The highest BCUT2D eigenvalue weighted by molar-refractivity contribution is 5.80. The van der Waals surface area contributed by atoms with Crippen molar-refractivity contribution in [2.75, 3.05) is 18.4 Å². The first-order chi connectivity index (χ1) is 17.9. The Labute approximate surface area is 213 Å². The second-order valence-corrected chi connectivity index (χ2v) is 9.09. The molecule has 2 aromatic carbocycles. The van der Waals surface area contributed by atoms with Crippen molar-refractivity contribution in [3.05, 3.63) is 59.4 Å². The van der Waals surface area contributed by atoms with Crippen LogP contribution in [0.4, 0.5) is 16.0 Å². The number of anilines is 2. The summed E-state index contributed by atoms with van der Waals surface area (Å²) in [6.07, 6.45) is -1.81. The van der Waals surface area contributed by atoms with Gasteiger partial charge in [0.25, 0.3) is 5.91 Å². The number of amides is 1. The molecule has 1 amide bonds. The molecule has 0 spiro atoms. The van der Waals surface area contributed by atoms with Crippen molar-refractivity contribution < 1.29 is 19.0 Å². The van der Waals surface area contributed by atoms with Crippen LogP contribution < -0.4 is 15.4 Å². The van der Waals surface area contributed by atoms with Crippen LogP contribution in [0.15, 0.2) is 42.7 Å². The summed E-state index contributed by atoms with van der Waals surface area (Å²) >= 11 is 0. The van der Waals surface area contributed by atoms with E-state index in [9.17, 15) is 19.6 Å². The summed E-state index contributed by atoms with van der Waals surface area (Å²) in [6, 6.07) is 13.1. The fourth-order valence-electron chi connectivity index (χ4n) is 4.50. The molecule has 2 aliphatic heterocycles. The predicted molar refractivity (Wildman–Crippen MR) is 132 cm³/mol. The standard InChI is InChI=1S/C26H26FN7O3/c1-15(35)25(36)34-7-6-23(21(27)13-34)37-22-5-3-16(8-18(22)10-28)24-30-14-31-26(33-24)32-20-4-2-17-11-29-12-19(17)9-20/h2-5,8-9,14-15,21,23,29,35H,6-7,11-13H2,1H3,(H,30,31,32,33)/t15-,21+,23?/m0/s1. The molecule has 3 heterocycles. The molecule has 0 saturated carbocycles. The highest BCUT2D eigenvalue weighted by Gasteiger charge is 2.34. The van der Waals surface area contributed by atoms with E-state index in [1.807, 2.05) is 6.07 Å². The van der Waals surface area contributed by atoms with E-state index in [1.165, 1.54) is 29.3 Å². The van der Waals surface area contributed by atoms with Crippen LogP contribution in [0.1, 0.15) is 30.0 Å². The summed E-state index contributed by atoms with van der Waals surface area (Å²) in [7, 11) is 0. The van der Waals surface area contributed by atoms with E-state index in [1.54, 1.807) is 18.2 Å². The van der Waals surface area contributed by atoms with E-state index in [0.717, 1.165) is 18.8 Å². The minimum absolute atomic E-state index is 0.171. The lowest BCUT2D eigenvalue weighted by Crippen LogP contribution is -2.51. The zero-order valence-corrected chi connectivity index (χ0v) is 20.2. The van der Waals surface area contributed by atoms with E-state index in [4.69, 9.17) is 4.74 Å². The molecule has 1 aromatic heterocycles. The van der Waals surface area contributed by atoms with Gasteiger partial charge in [-0.2, -0.15) is 10.2 Å². The van der Waals surface area contributed by atoms with Gasteiger partial charge in [0.15, 0.2) is 12.0 Å². The van der Waals surface area contributed by atoms with Crippen molar-refractivity contribution >= 4 is 17.5 Å². The SMILES string of the molecule is C[C@H](O)C(=O)N1CCC(Oc2ccc(-c3ncnc(Nc4ccc5c(c4)CNC5)n3)cc2C#N)[C@H](F)C1. The van der Waals surface area contributed by atoms with Crippen LogP contribution in [0.5, 0.6) is 5.75 Å². The number of piperidine rings is 1. The second-order valence-electron chi connectivity index (χ2n) is 9.09. The van der Waals surface area contributed by atoms with Gasteiger partial charge >= 0.3 is 0 Å². The Morgan fingerprint density at radius 2 is 2.11 bits per heavy atom. The number of hydrogen-bond donors (Lipinski definition) is 3. The van der Waals surface area contributed by atoms with Crippen LogP contribution >= 0.6 is 0 Å². The third-order valence-electron chi connectivity index (χ3n) is 6.45. The van der Waals surface area contributed by atoms with Crippen molar-refractivity contribution in [2.45, 2.75) is 44.8 Å². The van der Waals surface area contributed by atoms with E-state index < -0.39 is 24.3 Å². The molecule has 5 rings (SSSR count). The van der Waals surface area contributed by atoms with Gasteiger partial charge in [-0.05, 0) is 48.4 Å². The molecular formula is C26H26FN7O3. The molecule has 1 fully saturated rings. The largest absolute Gasteiger partial charge is 0.486 e. The highest BCUT2D eigenvalue weighted by atomic mass is 19.1. The van der Waals surface area contributed by atoms with Crippen molar-refractivity contribution in [3.63, 3.8) is 0 Å². The number of ether oxygens (including phenoxy) is 1. The molecule has 11 heteroatoms. The lowest BCUT2D eigenvalue weighted by molar-refractivity contribution is -0.143. The fraction of sp³-hybridized carbons (Fsp3) is 0.346. The maximum absolute atomic E-state index is 14.8. The molecule has 190 valence electrons. The summed E-state index contributed by atoms with van der Waals surface area (Å²) in [4.78, 5) is 26.2. The molecule has 0 aliphatic carbocycles. The average Bonchev–Trinajstić information content (AvgIpc) is 3.37. The average molecular weight is 504 g/mol. The van der Waals surface area contributed by atoms with Gasteiger partial charge in [0.05, 0.1) is 12.1 Å². The first-order valence-electron chi connectivity index (χ1n) is 12.0. The molecule has 0 bridgehead atoms. The van der Waals surface area contributed by atoms with Crippen molar-refractivity contribution in [3.8, 4) is 23.2 Å². The number of nitriles is 1. The van der Waals surface area contributed by atoms with Crippen LogP contribution in [0.3, 0.4) is 0 Å². The number of halogens is 1. The minimum Gasteiger partial charge on any atom is -0.486 e. The van der Waals surface area contributed by atoms with E-state index in [-0.39, 0.29) is 30.8 Å². The van der Waals surface area contributed by atoms with Crippen LogP contribution in [-0.2, 0) is 17.9 Å².